The third kappa shape index (κ3) is 7.28. The van der Waals surface area contributed by atoms with Gasteiger partial charge in [0.1, 0.15) is 12.1 Å². The molecule has 1 aliphatic rings. The van der Waals surface area contributed by atoms with Crippen molar-refractivity contribution in [3.05, 3.63) is 22.7 Å². The van der Waals surface area contributed by atoms with Gasteiger partial charge in [-0.3, -0.25) is 14.2 Å². The highest BCUT2D eigenvalue weighted by atomic mass is 16.6. The van der Waals surface area contributed by atoms with Gasteiger partial charge in [-0.2, -0.15) is 0 Å². The number of aromatic nitrogens is 2. The van der Waals surface area contributed by atoms with Gasteiger partial charge < -0.3 is 20.1 Å². The van der Waals surface area contributed by atoms with E-state index in [1.807, 2.05) is 20.8 Å². The first kappa shape index (κ1) is 20.7. The Balaban J connectivity index is 1.87. The minimum Gasteiger partial charge on any atom is -0.480 e. The lowest BCUT2D eigenvalue weighted by Gasteiger charge is -2.27. The molecule has 0 radical (unpaired) electrons. The summed E-state index contributed by atoms with van der Waals surface area (Å²) in [6, 6.07) is 0. The Morgan fingerprint density at radius 1 is 1.41 bits per heavy atom. The summed E-state index contributed by atoms with van der Waals surface area (Å²) < 4.78 is 6.54. The number of anilines is 1. The van der Waals surface area contributed by atoms with Crippen molar-refractivity contribution in [1.82, 2.24) is 14.5 Å². The fourth-order valence-electron chi connectivity index (χ4n) is 2.51. The SMILES string of the molecule is CC(C)(C)OC(=O)N(CCCNc1nccn(CC(=O)O)c1=O)CC1CC1. The lowest BCUT2D eigenvalue weighted by Crippen LogP contribution is -2.39. The number of nitrogens with zero attached hydrogens (tertiary/aromatic N) is 3. The Bertz CT molecular complexity index is 721. The van der Waals surface area contributed by atoms with Crippen LogP contribution in [-0.4, -0.2) is 56.9 Å². The van der Waals surface area contributed by atoms with Crippen LogP contribution in [0.2, 0.25) is 0 Å². The van der Waals surface area contributed by atoms with Gasteiger partial charge in [-0.25, -0.2) is 9.78 Å². The summed E-state index contributed by atoms with van der Waals surface area (Å²) in [6.07, 6.45) is 5.27. The van der Waals surface area contributed by atoms with Crippen molar-refractivity contribution in [2.24, 2.45) is 5.92 Å². The third-order valence-corrected chi connectivity index (χ3v) is 3.94. The molecule has 1 heterocycles. The maximum atomic E-state index is 12.3. The first-order chi connectivity index (χ1) is 12.7. The molecular weight excluding hydrogens is 352 g/mol. The quantitative estimate of drug-likeness (QED) is 0.628. The van der Waals surface area contributed by atoms with Crippen LogP contribution in [0.4, 0.5) is 10.6 Å². The molecule has 1 amide bonds. The lowest BCUT2D eigenvalue weighted by molar-refractivity contribution is -0.137. The maximum Gasteiger partial charge on any atom is 0.410 e. The van der Waals surface area contributed by atoms with Crippen LogP contribution in [0, 0.1) is 5.92 Å². The molecule has 0 spiro atoms. The van der Waals surface area contributed by atoms with Crippen molar-refractivity contribution in [1.29, 1.82) is 0 Å². The van der Waals surface area contributed by atoms with Crippen molar-refractivity contribution in [2.75, 3.05) is 25.0 Å². The van der Waals surface area contributed by atoms with Gasteiger partial charge in [-0.15, -0.1) is 0 Å². The highest BCUT2D eigenvalue weighted by Crippen LogP contribution is 2.30. The van der Waals surface area contributed by atoms with E-state index < -0.39 is 23.7 Å². The number of carbonyl (C=O) groups is 2. The summed E-state index contributed by atoms with van der Waals surface area (Å²) in [6.45, 7) is 6.73. The molecule has 1 fully saturated rings. The van der Waals surface area contributed by atoms with Gasteiger partial charge in [-0.1, -0.05) is 0 Å². The second kappa shape index (κ2) is 8.88. The highest BCUT2D eigenvalue weighted by molar-refractivity contribution is 5.68. The van der Waals surface area contributed by atoms with Gasteiger partial charge >= 0.3 is 12.1 Å². The van der Waals surface area contributed by atoms with Crippen molar-refractivity contribution in [2.45, 2.75) is 52.2 Å². The van der Waals surface area contributed by atoms with Crippen molar-refractivity contribution in [3.8, 4) is 0 Å². The van der Waals surface area contributed by atoms with Crippen LogP contribution in [0.5, 0.6) is 0 Å². The molecule has 0 bridgehead atoms. The maximum absolute atomic E-state index is 12.3. The number of carboxylic acid groups (broad SMARTS) is 1. The lowest BCUT2D eigenvalue weighted by atomic mass is 10.2. The Morgan fingerprint density at radius 2 is 2.11 bits per heavy atom. The number of aliphatic carboxylic acids is 1. The Hall–Kier alpha value is -2.58. The molecule has 0 aromatic carbocycles. The normalized spacial score (nSPS) is 13.9. The standard InChI is InChI=1S/C18H28N4O5/c1-18(2,3)27-17(26)22(11-13-5-6-13)9-4-7-19-15-16(25)21(10-8-20-15)12-14(23)24/h8,10,13H,4-7,9,11-12H2,1-3H3,(H,19,20)(H,23,24). The zero-order valence-corrected chi connectivity index (χ0v) is 16.1. The minimum absolute atomic E-state index is 0.102. The van der Waals surface area contributed by atoms with Gasteiger partial charge in [0.25, 0.3) is 5.56 Å². The van der Waals surface area contributed by atoms with E-state index in [9.17, 15) is 14.4 Å². The average Bonchev–Trinajstić information content (AvgIpc) is 3.35. The predicted octanol–water partition coefficient (Wildman–Crippen LogP) is 1.78. The number of amides is 1. The van der Waals surface area contributed by atoms with Crippen LogP contribution in [0.1, 0.15) is 40.0 Å². The number of carbonyl (C=O) groups excluding carboxylic acids is 1. The number of nitrogens with one attached hydrogen (secondary N) is 1. The van der Waals surface area contributed by atoms with Crippen LogP contribution in [0.3, 0.4) is 0 Å². The molecule has 9 heteroatoms. The van der Waals surface area contributed by atoms with E-state index in [1.54, 1.807) is 4.90 Å². The van der Waals surface area contributed by atoms with Crippen molar-refractivity contribution >= 4 is 17.9 Å². The summed E-state index contributed by atoms with van der Waals surface area (Å²) in [7, 11) is 0. The van der Waals surface area contributed by atoms with Crippen LogP contribution >= 0.6 is 0 Å². The molecule has 9 nitrogen and oxygen atoms in total. The second-order valence-corrected chi connectivity index (χ2v) is 7.75. The fourth-order valence-corrected chi connectivity index (χ4v) is 2.51. The average molecular weight is 380 g/mol. The number of carboxylic acids is 1. The second-order valence-electron chi connectivity index (χ2n) is 7.75. The first-order valence-corrected chi connectivity index (χ1v) is 9.15. The predicted molar refractivity (Wildman–Crippen MR) is 99.8 cm³/mol. The summed E-state index contributed by atoms with van der Waals surface area (Å²) in [5.74, 6) is -0.448. The minimum atomic E-state index is -1.10. The van der Waals surface area contributed by atoms with E-state index >= 15 is 0 Å². The molecular formula is C18H28N4O5. The van der Waals surface area contributed by atoms with Gasteiger partial charge in [0, 0.05) is 32.0 Å². The summed E-state index contributed by atoms with van der Waals surface area (Å²) in [5, 5.41) is 11.7. The molecule has 2 N–H and O–H groups in total. The smallest absolute Gasteiger partial charge is 0.410 e. The van der Waals surface area contributed by atoms with Crippen LogP contribution in [0.15, 0.2) is 17.2 Å². The largest absolute Gasteiger partial charge is 0.480 e. The van der Waals surface area contributed by atoms with E-state index in [0.717, 1.165) is 17.4 Å². The van der Waals surface area contributed by atoms with E-state index in [0.29, 0.717) is 32.0 Å². The number of ether oxygens (including phenoxy) is 1. The van der Waals surface area contributed by atoms with Crippen molar-refractivity contribution < 1.29 is 19.4 Å². The monoisotopic (exact) mass is 380 g/mol. The molecule has 0 unspecified atom stereocenters. The summed E-state index contributed by atoms with van der Waals surface area (Å²) in [4.78, 5) is 40.9. The molecule has 0 aliphatic heterocycles. The Morgan fingerprint density at radius 3 is 2.70 bits per heavy atom. The molecule has 1 aromatic rings. The Labute approximate surface area is 158 Å². The van der Waals surface area contributed by atoms with E-state index in [2.05, 4.69) is 10.3 Å². The van der Waals surface area contributed by atoms with Crippen LogP contribution in [-0.2, 0) is 16.1 Å². The van der Waals surface area contributed by atoms with Gasteiger partial charge in [0.05, 0.1) is 0 Å². The molecule has 1 saturated carbocycles. The summed E-state index contributed by atoms with van der Waals surface area (Å²) in [5.41, 5.74) is -1.03. The van der Waals surface area contributed by atoms with E-state index in [1.165, 1.54) is 12.4 Å². The molecule has 1 aliphatic carbocycles. The van der Waals surface area contributed by atoms with E-state index in [-0.39, 0.29) is 11.9 Å². The molecule has 27 heavy (non-hydrogen) atoms. The zero-order chi connectivity index (χ0) is 20.0. The molecule has 1 aromatic heterocycles. The highest BCUT2D eigenvalue weighted by Gasteiger charge is 2.29. The van der Waals surface area contributed by atoms with E-state index in [4.69, 9.17) is 9.84 Å². The third-order valence-electron chi connectivity index (χ3n) is 3.94. The topological polar surface area (TPSA) is 114 Å². The number of rotatable bonds is 9. The van der Waals surface area contributed by atoms with Crippen LogP contribution < -0.4 is 10.9 Å². The van der Waals surface area contributed by atoms with Crippen LogP contribution in [0.25, 0.3) is 0 Å². The fraction of sp³-hybridized carbons (Fsp3) is 0.667. The van der Waals surface area contributed by atoms with Gasteiger partial charge in [-0.05, 0) is 46.0 Å². The molecule has 0 saturated heterocycles. The summed E-state index contributed by atoms with van der Waals surface area (Å²) >= 11 is 0. The molecule has 150 valence electrons. The zero-order valence-electron chi connectivity index (χ0n) is 16.1. The van der Waals surface area contributed by atoms with Gasteiger partial charge in [0.15, 0.2) is 5.82 Å². The number of hydrogen-bond donors (Lipinski definition) is 2. The first-order valence-electron chi connectivity index (χ1n) is 9.15. The van der Waals surface area contributed by atoms with Gasteiger partial charge in [0.2, 0.25) is 0 Å². The molecule has 0 atom stereocenters. The van der Waals surface area contributed by atoms with Crippen molar-refractivity contribution in [3.63, 3.8) is 0 Å². The Kier molecular flexibility index (Phi) is 6.81. The molecule has 2 rings (SSSR count). The number of hydrogen-bond acceptors (Lipinski definition) is 6.